The second kappa shape index (κ2) is 7.82. The SMILES string of the molecule is COC(=O)COc1ccc2cc(-c3ccc(OC)c(OC)c3)c(=O)oc2c1. The van der Waals surface area contributed by atoms with Crippen LogP contribution >= 0.6 is 0 Å². The molecule has 140 valence electrons. The Balaban J connectivity index is 1.98. The van der Waals surface area contributed by atoms with Gasteiger partial charge in [0.15, 0.2) is 18.1 Å². The molecule has 2 aromatic carbocycles. The van der Waals surface area contributed by atoms with Crippen molar-refractivity contribution in [3.8, 4) is 28.4 Å². The van der Waals surface area contributed by atoms with Gasteiger partial charge in [0.25, 0.3) is 0 Å². The summed E-state index contributed by atoms with van der Waals surface area (Å²) in [5.41, 5.74) is 0.896. The maximum absolute atomic E-state index is 12.5. The van der Waals surface area contributed by atoms with Crippen molar-refractivity contribution >= 4 is 16.9 Å². The summed E-state index contributed by atoms with van der Waals surface area (Å²) in [6.07, 6.45) is 0. The highest BCUT2D eigenvalue weighted by Crippen LogP contribution is 2.32. The van der Waals surface area contributed by atoms with Gasteiger partial charge in [-0.15, -0.1) is 0 Å². The molecule has 0 fully saturated rings. The van der Waals surface area contributed by atoms with Crippen LogP contribution in [-0.2, 0) is 9.53 Å². The summed E-state index contributed by atoms with van der Waals surface area (Å²) in [4.78, 5) is 23.6. The Kier molecular flexibility index (Phi) is 5.30. The summed E-state index contributed by atoms with van der Waals surface area (Å²) in [6.45, 7) is -0.226. The lowest BCUT2D eigenvalue weighted by Crippen LogP contribution is -2.12. The predicted molar refractivity (Wildman–Crippen MR) is 98.5 cm³/mol. The van der Waals surface area contributed by atoms with Crippen molar-refractivity contribution in [2.24, 2.45) is 0 Å². The van der Waals surface area contributed by atoms with Gasteiger partial charge in [0.05, 0.1) is 26.9 Å². The van der Waals surface area contributed by atoms with Gasteiger partial charge in [0, 0.05) is 11.5 Å². The van der Waals surface area contributed by atoms with Gasteiger partial charge in [-0.1, -0.05) is 6.07 Å². The molecule has 7 nitrogen and oxygen atoms in total. The molecule has 0 N–H and O–H groups in total. The summed E-state index contributed by atoms with van der Waals surface area (Å²) in [7, 11) is 4.35. The average molecular weight is 370 g/mol. The molecule has 0 atom stereocenters. The minimum atomic E-state index is -0.500. The largest absolute Gasteiger partial charge is 0.493 e. The normalized spacial score (nSPS) is 10.5. The fraction of sp³-hybridized carbons (Fsp3) is 0.200. The lowest BCUT2D eigenvalue weighted by atomic mass is 10.1. The number of carbonyl (C=O) groups is 1. The van der Waals surface area contributed by atoms with Crippen LogP contribution in [0.3, 0.4) is 0 Å². The van der Waals surface area contributed by atoms with Gasteiger partial charge in [0.1, 0.15) is 11.3 Å². The maximum Gasteiger partial charge on any atom is 0.344 e. The Morgan fingerprint density at radius 3 is 2.44 bits per heavy atom. The molecule has 0 saturated carbocycles. The van der Waals surface area contributed by atoms with E-state index in [1.54, 1.807) is 49.6 Å². The Labute approximate surface area is 155 Å². The van der Waals surface area contributed by atoms with Gasteiger partial charge in [-0.25, -0.2) is 9.59 Å². The maximum atomic E-state index is 12.5. The molecule has 0 saturated heterocycles. The Morgan fingerprint density at radius 2 is 1.74 bits per heavy atom. The number of methoxy groups -OCH3 is 3. The van der Waals surface area contributed by atoms with Crippen LogP contribution in [0.1, 0.15) is 0 Å². The first-order valence-electron chi connectivity index (χ1n) is 8.05. The second-order valence-corrected chi connectivity index (χ2v) is 5.58. The topological polar surface area (TPSA) is 84.2 Å². The number of hydrogen-bond acceptors (Lipinski definition) is 7. The highest BCUT2D eigenvalue weighted by atomic mass is 16.6. The van der Waals surface area contributed by atoms with Gasteiger partial charge in [-0.2, -0.15) is 0 Å². The van der Waals surface area contributed by atoms with Gasteiger partial charge in [-0.05, 0) is 35.9 Å². The van der Waals surface area contributed by atoms with Crippen molar-refractivity contribution < 1.29 is 28.2 Å². The summed E-state index contributed by atoms with van der Waals surface area (Å²) >= 11 is 0. The highest BCUT2D eigenvalue weighted by Gasteiger charge is 2.12. The van der Waals surface area contributed by atoms with Gasteiger partial charge in [-0.3, -0.25) is 0 Å². The van der Waals surface area contributed by atoms with E-state index < -0.39 is 11.6 Å². The van der Waals surface area contributed by atoms with Crippen molar-refractivity contribution in [3.05, 3.63) is 52.9 Å². The molecule has 0 amide bonds. The van der Waals surface area contributed by atoms with Crippen LogP contribution in [0.25, 0.3) is 22.1 Å². The van der Waals surface area contributed by atoms with Gasteiger partial charge < -0.3 is 23.4 Å². The minimum Gasteiger partial charge on any atom is -0.493 e. The van der Waals surface area contributed by atoms with Crippen LogP contribution in [0, 0.1) is 0 Å². The van der Waals surface area contributed by atoms with Crippen molar-refractivity contribution in [2.75, 3.05) is 27.9 Å². The van der Waals surface area contributed by atoms with Crippen LogP contribution in [0.15, 0.2) is 51.7 Å². The van der Waals surface area contributed by atoms with E-state index in [-0.39, 0.29) is 6.61 Å². The standard InChI is InChI=1S/C20H18O7/c1-23-16-7-5-12(9-18(16)24-2)15-8-13-4-6-14(26-11-19(21)25-3)10-17(13)27-20(15)22/h4-10H,11H2,1-3H3. The summed E-state index contributed by atoms with van der Waals surface area (Å²) in [5.74, 6) is 0.982. The molecule has 0 unspecified atom stereocenters. The summed E-state index contributed by atoms with van der Waals surface area (Å²) in [6, 6.07) is 11.9. The number of ether oxygens (including phenoxy) is 4. The van der Waals surface area contributed by atoms with E-state index in [4.69, 9.17) is 18.6 Å². The monoisotopic (exact) mass is 370 g/mol. The first kappa shape index (κ1) is 18.3. The number of esters is 1. The first-order chi connectivity index (χ1) is 13.0. The average Bonchev–Trinajstić information content (AvgIpc) is 2.70. The molecule has 0 spiro atoms. The Hall–Kier alpha value is -3.48. The van der Waals surface area contributed by atoms with E-state index in [0.29, 0.717) is 39.3 Å². The molecular weight excluding hydrogens is 352 g/mol. The van der Waals surface area contributed by atoms with Gasteiger partial charge in [0.2, 0.25) is 0 Å². The molecule has 0 radical (unpaired) electrons. The fourth-order valence-corrected chi connectivity index (χ4v) is 2.59. The summed E-state index contributed by atoms with van der Waals surface area (Å²) < 4.78 is 25.8. The third-order valence-corrected chi connectivity index (χ3v) is 3.99. The lowest BCUT2D eigenvalue weighted by molar-refractivity contribution is -0.142. The zero-order valence-corrected chi connectivity index (χ0v) is 15.1. The van der Waals surface area contributed by atoms with E-state index in [1.165, 1.54) is 14.2 Å². The second-order valence-electron chi connectivity index (χ2n) is 5.58. The van der Waals surface area contributed by atoms with E-state index in [9.17, 15) is 9.59 Å². The lowest BCUT2D eigenvalue weighted by Gasteiger charge is -2.10. The Bertz CT molecular complexity index is 1040. The molecule has 0 aliphatic heterocycles. The molecular formula is C20H18O7. The zero-order valence-electron chi connectivity index (χ0n) is 15.1. The molecule has 3 rings (SSSR count). The summed E-state index contributed by atoms with van der Waals surface area (Å²) in [5, 5.41) is 0.713. The Morgan fingerprint density at radius 1 is 0.963 bits per heavy atom. The molecule has 0 aliphatic carbocycles. The predicted octanol–water partition coefficient (Wildman–Crippen LogP) is 3.03. The molecule has 7 heteroatoms. The molecule has 27 heavy (non-hydrogen) atoms. The molecule has 0 aliphatic rings. The quantitative estimate of drug-likeness (QED) is 0.487. The number of carbonyl (C=O) groups excluding carboxylic acids is 1. The molecule has 1 heterocycles. The van der Waals surface area contributed by atoms with Crippen molar-refractivity contribution in [1.82, 2.24) is 0 Å². The first-order valence-corrected chi connectivity index (χ1v) is 8.05. The number of fused-ring (bicyclic) bond motifs is 1. The number of rotatable bonds is 6. The van der Waals surface area contributed by atoms with Crippen LogP contribution in [0.4, 0.5) is 0 Å². The molecule has 3 aromatic rings. The van der Waals surface area contributed by atoms with Crippen molar-refractivity contribution in [1.29, 1.82) is 0 Å². The van der Waals surface area contributed by atoms with Crippen LogP contribution < -0.4 is 19.8 Å². The van der Waals surface area contributed by atoms with Crippen molar-refractivity contribution in [3.63, 3.8) is 0 Å². The fourth-order valence-electron chi connectivity index (χ4n) is 2.59. The van der Waals surface area contributed by atoms with Crippen LogP contribution in [0.2, 0.25) is 0 Å². The number of benzene rings is 2. The van der Waals surface area contributed by atoms with Crippen molar-refractivity contribution in [2.45, 2.75) is 0 Å². The third kappa shape index (κ3) is 3.87. The molecule has 1 aromatic heterocycles. The van der Waals surface area contributed by atoms with E-state index >= 15 is 0 Å². The third-order valence-electron chi connectivity index (χ3n) is 3.99. The van der Waals surface area contributed by atoms with Gasteiger partial charge >= 0.3 is 11.6 Å². The number of hydrogen-bond donors (Lipinski definition) is 0. The van der Waals surface area contributed by atoms with Crippen LogP contribution in [0.5, 0.6) is 17.2 Å². The molecule has 0 bridgehead atoms. The smallest absolute Gasteiger partial charge is 0.344 e. The minimum absolute atomic E-state index is 0.226. The van der Waals surface area contributed by atoms with E-state index in [0.717, 1.165) is 0 Å². The zero-order chi connectivity index (χ0) is 19.4. The van der Waals surface area contributed by atoms with E-state index in [2.05, 4.69) is 4.74 Å². The van der Waals surface area contributed by atoms with E-state index in [1.807, 2.05) is 0 Å². The highest BCUT2D eigenvalue weighted by molar-refractivity contribution is 5.83. The van der Waals surface area contributed by atoms with Crippen LogP contribution in [-0.4, -0.2) is 33.9 Å².